The molecule has 0 spiro atoms. The molecule has 0 aliphatic rings. The number of carbonyl (C=O) groups excluding carboxylic acids is 1. The average Bonchev–Trinajstić information content (AvgIpc) is 2.40. The highest BCUT2D eigenvalue weighted by Crippen LogP contribution is 2.27. The summed E-state index contributed by atoms with van der Waals surface area (Å²) in [5.74, 6) is -1.67. The highest BCUT2D eigenvalue weighted by molar-refractivity contribution is 6.00. The number of anilines is 1. The monoisotopic (exact) mass is 301 g/mol. The summed E-state index contributed by atoms with van der Waals surface area (Å²) >= 11 is 0. The van der Waals surface area contributed by atoms with E-state index in [4.69, 9.17) is 10.5 Å². The second-order valence-electron chi connectivity index (χ2n) is 4.44. The lowest BCUT2D eigenvalue weighted by atomic mass is 10.1. The standard InChI is InChI=1S/C12H16FN3O5/c1-15(5-8(17)6-21-2)12(18)9-3-7(13)4-10(11(9)14)16(19)20/h3-4,8,17H,5-6,14H2,1-2H3. The van der Waals surface area contributed by atoms with Crippen LogP contribution in [0.5, 0.6) is 0 Å². The van der Waals surface area contributed by atoms with E-state index in [0.29, 0.717) is 6.07 Å². The summed E-state index contributed by atoms with van der Waals surface area (Å²) in [7, 11) is 2.75. The highest BCUT2D eigenvalue weighted by atomic mass is 19.1. The minimum Gasteiger partial charge on any atom is -0.393 e. The van der Waals surface area contributed by atoms with Crippen LogP contribution < -0.4 is 5.73 Å². The van der Waals surface area contributed by atoms with Crippen molar-refractivity contribution in [3.63, 3.8) is 0 Å². The van der Waals surface area contributed by atoms with Gasteiger partial charge in [-0.3, -0.25) is 14.9 Å². The predicted molar refractivity (Wildman–Crippen MR) is 72.3 cm³/mol. The van der Waals surface area contributed by atoms with Crippen LogP contribution in [-0.2, 0) is 4.74 Å². The zero-order chi connectivity index (χ0) is 16.2. The molecular weight excluding hydrogens is 285 g/mol. The summed E-state index contributed by atoms with van der Waals surface area (Å²) < 4.78 is 18.1. The lowest BCUT2D eigenvalue weighted by Crippen LogP contribution is -2.36. The number of hydrogen-bond donors (Lipinski definition) is 2. The Morgan fingerprint density at radius 2 is 2.24 bits per heavy atom. The van der Waals surface area contributed by atoms with Crippen LogP contribution in [-0.4, -0.2) is 54.3 Å². The van der Waals surface area contributed by atoms with E-state index in [0.717, 1.165) is 11.0 Å². The van der Waals surface area contributed by atoms with Crippen LogP contribution in [0.2, 0.25) is 0 Å². The number of amides is 1. The fourth-order valence-electron chi connectivity index (χ4n) is 1.78. The van der Waals surface area contributed by atoms with Gasteiger partial charge < -0.3 is 20.5 Å². The van der Waals surface area contributed by atoms with Crippen LogP contribution in [0.1, 0.15) is 10.4 Å². The molecule has 1 amide bonds. The van der Waals surface area contributed by atoms with Crippen molar-refractivity contribution in [2.75, 3.05) is 33.0 Å². The number of ether oxygens (including phenoxy) is 1. The first-order valence-electron chi connectivity index (χ1n) is 5.93. The lowest BCUT2D eigenvalue weighted by Gasteiger charge is -2.21. The van der Waals surface area contributed by atoms with Crippen molar-refractivity contribution in [1.29, 1.82) is 0 Å². The highest BCUT2D eigenvalue weighted by Gasteiger charge is 2.24. The van der Waals surface area contributed by atoms with E-state index in [-0.39, 0.29) is 18.7 Å². The second-order valence-corrected chi connectivity index (χ2v) is 4.44. The number of nitro benzene ring substituents is 1. The number of aliphatic hydroxyl groups excluding tert-OH is 1. The average molecular weight is 301 g/mol. The number of nitrogens with two attached hydrogens (primary N) is 1. The number of carbonyl (C=O) groups is 1. The Hall–Kier alpha value is -2.26. The van der Waals surface area contributed by atoms with E-state index < -0.39 is 34.1 Å². The molecule has 116 valence electrons. The maximum absolute atomic E-state index is 13.4. The van der Waals surface area contributed by atoms with Gasteiger partial charge in [0.25, 0.3) is 11.6 Å². The zero-order valence-electron chi connectivity index (χ0n) is 11.6. The number of likely N-dealkylation sites (N-methyl/N-ethyl adjacent to an activating group) is 1. The summed E-state index contributed by atoms with van der Waals surface area (Å²) in [5.41, 5.74) is 4.12. The summed E-state index contributed by atoms with van der Waals surface area (Å²) in [6.45, 7) is -0.0766. The molecule has 0 saturated heterocycles. The molecule has 0 aromatic heterocycles. The number of hydrogen-bond acceptors (Lipinski definition) is 6. The number of nitro groups is 1. The van der Waals surface area contributed by atoms with Gasteiger partial charge in [-0.2, -0.15) is 0 Å². The minimum absolute atomic E-state index is 0.0103. The first-order chi connectivity index (χ1) is 9.77. The van der Waals surface area contributed by atoms with Crippen LogP contribution in [0.3, 0.4) is 0 Å². The number of nitrogen functional groups attached to an aromatic ring is 1. The number of rotatable bonds is 6. The molecule has 8 nitrogen and oxygen atoms in total. The Kier molecular flexibility index (Phi) is 5.56. The summed E-state index contributed by atoms with van der Waals surface area (Å²) in [4.78, 5) is 23.1. The fraction of sp³-hybridized carbons (Fsp3) is 0.417. The summed E-state index contributed by atoms with van der Waals surface area (Å²) in [6, 6.07) is 1.47. The van der Waals surface area contributed by atoms with Gasteiger partial charge in [0.2, 0.25) is 0 Å². The van der Waals surface area contributed by atoms with E-state index in [2.05, 4.69) is 0 Å². The molecule has 0 saturated carbocycles. The van der Waals surface area contributed by atoms with Crippen molar-refractivity contribution in [2.45, 2.75) is 6.10 Å². The van der Waals surface area contributed by atoms with Gasteiger partial charge in [-0.25, -0.2) is 4.39 Å². The smallest absolute Gasteiger partial charge is 0.295 e. The van der Waals surface area contributed by atoms with E-state index in [1.165, 1.54) is 14.2 Å². The molecule has 0 bridgehead atoms. The van der Waals surface area contributed by atoms with Crippen molar-refractivity contribution in [3.05, 3.63) is 33.6 Å². The van der Waals surface area contributed by atoms with Gasteiger partial charge in [0, 0.05) is 20.7 Å². The lowest BCUT2D eigenvalue weighted by molar-refractivity contribution is -0.384. The molecule has 1 unspecified atom stereocenters. The molecule has 1 aromatic carbocycles. The van der Waals surface area contributed by atoms with Gasteiger partial charge in [-0.15, -0.1) is 0 Å². The van der Waals surface area contributed by atoms with E-state index in [1.54, 1.807) is 0 Å². The molecule has 1 atom stereocenters. The van der Waals surface area contributed by atoms with Crippen molar-refractivity contribution in [1.82, 2.24) is 4.90 Å². The number of aliphatic hydroxyl groups is 1. The zero-order valence-corrected chi connectivity index (χ0v) is 11.6. The Morgan fingerprint density at radius 3 is 2.76 bits per heavy atom. The topological polar surface area (TPSA) is 119 Å². The minimum atomic E-state index is -0.940. The number of nitrogens with zero attached hydrogens (tertiary/aromatic N) is 2. The Balaban J connectivity index is 3.04. The van der Waals surface area contributed by atoms with Gasteiger partial charge >= 0.3 is 0 Å². The third-order valence-electron chi connectivity index (χ3n) is 2.74. The van der Waals surface area contributed by atoms with Gasteiger partial charge in [-0.1, -0.05) is 0 Å². The number of halogens is 1. The predicted octanol–water partition coefficient (Wildman–Crippen LogP) is 0.395. The molecule has 3 N–H and O–H groups in total. The second kappa shape index (κ2) is 6.95. The Morgan fingerprint density at radius 1 is 1.62 bits per heavy atom. The number of methoxy groups -OCH3 is 1. The first kappa shape index (κ1) is 16.8. The normalized spacial score (nSPS) is 12.0. The van der Waals surface area contributed by atoms with E-state index in [9.17, 15) is 24.4 Å². The molecule has 1 rings (SSSR count). The van der Waals surface area contributed by atoms with Crippen LogP contribution in [0.4, 0.5) is 15.8 Å². The maximum atomic E-state index is 13.4. The summed E-state index contributed by atoms with van der Waals surface area (Å²) in [5, 5.41) is 20.3. The number of benzene rings is 1. The van der Waals surface area contributed by atoms with E-state index >= 15 is 0 Å². The molecular formula is C12H16FN3O5. The third-order valence-corrected chi connectivity index (χ3v) is 2.74. The van der Waals surface area contributed by atoms with Gasteiger partial charge in [0.05, 0.1) is 29.3 Å². The SMILES string of the molecule is COCC(O)CN(C)C(=O)c1cc(F)cc([N+](=O)[O-])c1N. The molecule has 0 radical (unpaired) electrons. The van der Waals surface area contributed by atoms with Gasteiger partial charge in [0.15, 0.2) is 0 Å². The van der Waals surface area contributed by atoms with Crippen molar-refractivity contribution in [2.24, 2.45) is 0 Å². The van der Waals surface area contributed by atoms with Crippen LogP contribution >= 0.6 is 0 Å². The quantitative estimate of drug-likeness (QED) is 0.446. The van der Waals surface area contributed by atoms with Crippen molar-refractivity contribution in [3.8, 4) is 0 Å². The summed E-state index contributed by atoms with van der Waals surface area (Å²) in [6.07, 6.45) is -0.936. The fourth-order valence-corrected chi connectivity index (χ4v) is 1.78. The third kappa shape index (κ3) is 4.10. The Labute approximate surface area is 120 Å². The largest absolute Gasteiger partial charge is 0.393 e. The van der Waals surface area contributed by atoms with Crippen molar-refractivity contribution < 1.29 is 24.0 Å². The molecule has 1 aromatic rings. The Bertz CT molecular complexity index is 552. The molecule has 0 heterocycles. The molecule has 21 heavy (non-hydrogen) atoms. The van der Waals surface area contributed by atoms with Crippen LogP contribution in [0, 0.1) is 15.9 Å². The van der Waals surface area contributed by atoms with Gasteiger partial charge in [-0.05, 0) is 6.07 Å². The van der Waals surface area contributed by atoms with Gasteiger partial charge in [0.1, 0.15) is 11.5 Å². The molecule has 9 heteroatoms. The maximum Gasteiger partial charge on any atom is 0.295 e. The first-order valence-corrected chi connectivity index (χ1v) is 5.93. The van der Waals surface area contributed by atoms with Crippen molar-refractivity contribution >= 4 is 17.3 Å². The van der Waals surface area contributed by atoms with Crippen LogP contribution in [0.25, 0.3) is 0 Å². The molecule has 0 fully saturated rings. The molecule has 0 aliphatic carbocycles. The van der Waals surface area contributed by atoms with E-state index in [1.807, 2.05) is 0 Å². The molecule has 0 aliphatic heterocycles. The van der Waals surface area contributed by atoms with Crippen LogP contribution in [0.15, 0.2) is 12.1 Å².